The summed E-state index contributed by atoms with van der Waals surface area (Å²) < 4.78 is 12.2. The summed E-state index contributed by atoms with van der Waals surface area (Å²) in [7, 11) is 1.20. The van der Waals surface area contributed by atoms with Gasteiger partial charge in [0.25, 0.3) is 5.91 Å². The lowest BCUT2D eigenvalue weighted by Crippen LogP contribution is -2.36. The van der Waals surface area contributed by atoms with Gasteiger partial charge in [-0.15, -0.1) is 0 Å². The molecule has 0 aromatic heterocycles. The maximum absolute atomic E-state index is 12.4. The minimum atomic E-state index is -0.668. The first-order valence-electron chi connectivity index (χ1n) is 8.46. The molecule has 2 aromatic carbocycles. The second kappa shape index (κ2) is 9.57. The van der Waals surface area contributed by atoms with E-state index in [1.165, 1.54) is 7.11 Å². The lowest BCUT2D eigenvalue weighted by Gasteiger charge is -2.12. The van der Waals surface area contributed by atoms with E-state index in [-0.39, 0.29) is 5.70 Å². The molecule has 0 atom stereocenters. The largest absolute Gasteiger partial charge is 0.487 e. The van der Waals surface area contributed by atoms with Gasteiger partial charge in [-0.05, 0) is 74.5 Å². The first-order chi connectivity index (χ1) is 13.9. The van der Waals surface area contributed by atoms with Crippen molar-refractivity contribution in [2.24, 2.45) is 0 Å². The quantitative estimate of drug-likeness (QED) is 0.232. The number of nitrogens with zero attached hydrogens (tertiary/aromatic N) is 1. The van der Waals surface area contributed by atoms with Crippen LogP contribution in [0.2, 0.25) is 0 Å². The molecule has 1 fully saturated rings. The second-order valence-electron chi connectivity index (χ2n) is 6.04. The van der Waals surface area contributed by atoms with Crippen LogP contribution < -0.4 is 10.1 Å². The molecule has 150 valence electrons. The molecule has 0 bridgehead atoms. The Balaban J connectivity index is 1.77. The molecular formula is C20H16I2N2O5. The molecule has 0 aliphatic carbocycles. The highest BCUT2D eigenvalue weighted by molar-refractivity contribution is 14.1. The van der Waals surface area contributed by atoms with Crippen molar-refractivity contribution in [3.05, 3.63) is 66.4 Å². The Morgan fingerprint density at radius 1 is 1.14 bits per heavy atom. The third-order valence-corrected chi connectivity index (χ3v) is 5.64. The van der Waals surface area contributed by atoms with Crippen LogP contribution in [-0.4, -0.2) is 36.5 Å². The van der Waals surface area contributed by atoms with E-state index >= 15 is 0 Å². The highest BCUT2D eigenvalue weighted by atomic mass is 127. The molecule has 0 radical (unpaired) electrons. The van der Waals surface area contributed by atoms with Gasteiger partial charge in [-0.3, -0.25) is 9.59 Å². The van der Waals surface area contributed by atoms with Gasteiger partial charge in [0.1, 0.15) is 24.6 Å². The number of nitrogens with one attached hydrogen (secondary N) is 1. The third-order valence-electron chi connectivity index (χ3n) is 4.03. The van der Waals surface area contributed by atoms with E-state index in [9.17, 15) is 14.4 Å². The van der Waals surface area contributed by atoms with Crippen LogP contribution in [0.5, 0.6) is 5.75 Å². The summed E-state index contributed by atoms with van der Waals surface area (Å²) in [5.41, 5.74) is 1.90. The van der Waals surface area contributed by atoms with Crippen LogP contribution in [-0.2, 0) is 20.9 Å². The molecule has 29 heavy (non-hydrogen) atoms. The van der Waals surface area contributed by atoms with E-state index in [1.54, 1.807) is 6.08 Å². The summed E-state index contributed by atoms with van der Waals surface area (Å²) in [5, 5.41) is 2.49. The van der Waals surface area contributed by atoms with Gasteiger partial charge in [-0.2, -0.15) is 0 Å². The zero-order valence-corrected chi connectivity index (χ0v) is 19.6. The van der Waals surface area contributed by atoms with Crippen LogP contribution in [0.3, 0.4) is 0 Å². The van der Waals surface area contributed by atoms with Gasteiger partial charge >= 0.3 is 12.0 Å². The molecule has 2 aromatic rings. The van der Waals surface area contributed by atoms with Crippen LogP contribution in [0.1, 0.15) is 11.1 Å². The Kier molecular flexibility index (Phi) is 7.11. The SMILES string of the molecule is COC(=O)CN1C(=O)N/C(=C/c2cc(I)c(OCc3ccccc3)c(I)c2)C1=O. The van der Waals surface area contributed by atoms with Gasteiger partial charge < -0.3 is 14.8 Å². The van der Waals surface area contributed by atoms with Crippen molar-refractivity contribution < 1.29 is 23.9 Å². The summed E-state index contributed by atoms with van der Waals surface area (Å²) in [6.07, 6.45) is 1.57. The molecule has 1 N–H and O–H groups in total. The van der Waals surface area contributed by atoms with Crippen molar-refractivity contribution in [2.75, 3.05) is 13.7 Å². The zero-order valence-electron chi connectivity index (χ0n) is 15.3. The first kappa shape index (κ1) is 21.6. The number of halogens is 2. The standard InChI is InChI=1S/C20H16I2N2O5/c1-28-17(25)10-24-19(26)16(23-20(24)27)9-13-7-14(21)18(15(22)8-13)29-11-12-5-3-2-4-6-12/h2-9H,10-11H2,1H3,(H,23,27)/b16-9+. The van der Waals surface area contributed by atoms with E-state index in [1.807, 2.05) is 42.5 Å². The summed E-state index contributed by atoms with van der Waals surface area (Å²) >= 11 is 4.34. The Labute approximate surface area is 194 Å². The average molecular weight is 618 g/mol. The number of carbonyl (C=O) groups excluding carboxylic acids is 3. The number of hydrogen-bond donors (Lipinski definition) is 1. The number of benzene rings is 2. The molecule has 0 spiro atoms. The number of ether oxygens (including phenoxy) is 2. The molecule has 1 aliphatic rings. The molecule has 1 aliphatic heterocycles. The molecule has 7 nitrogen and oxygen atoms in total. The predicted molar refractivity (Wildman–Crippen MR) is 123 cm³/mol. The minimum absolute atomic E-state index is 0.100. The van der Waals surface area contributed by atoms with Gasteiger partial charge in [0, 0.05) is 0 Å². The smallest absolute Gasteiger partial charge is 0.329 e. The molecule has 3 rings (SSSR count). The fourth-order valence-corrected chi connectivity index (χ4v) is 4.73. The molecule has 0 unspecified atom stereocenters. The van der Waals surface area contributed by atoms with Crippen molar-refractivity contribution in [3.63, 3.8) is 0 Å². The van der Waals surface area contributed by atoms with Crippen LogP contribution in [0.25, 0.3) is 6.08 Å². The third kappa shape index (κ3) is 5.26. The number of imide groups is 1. The maximum Gasteiger partial charge on any atom is 0.329 e. The molecule has 1 heterocycles. The lowest BCUT2D eigenvalue weighted by atomic mass is 10.2. The molecule has 9 heteroatoms. The second-order valence-corrected chi connectivity index (χ2v) is 8.37. The maximum atomic E-state index is 12.4. The molecular weight excluding hydrogens is 602 g/mol. The van der Waals surface area contributed by atoms with Crippen molar-refractivity contribution in [2.45, 2.75) is 6.61 Å². The van der Waals surface area contributed by atoms with E-state index in [2.05, 4.69) is 55.2 Å². The number of amides is 3. The summed E-state index contributed by atoms with van der Waals surface area (Å²) in [5.74, 6) is -0.486. The lowest BCUT2D eigenvalue weighted by molar-refractivity contribution is -0.143. The highest BCUT2D eigenvalue weighted by Gasteiger charge is 2.35. The van der Waals surface area contributed by atoms with E-state index < -0.39 is 24.5 Å². The summed E-state index contributed by atoms with van der Waals surface area (Å²) in [6.45, 7) is 0.0180. The van der Waals surface area contributed by atoms with E-state index in [0.717, 1.165) is 28.9 Å². The monoisotopic (exact) mass is 618 g/mol. The summed E-state index contributed by atoms with van der Waals surface area (Å²) in [6, 6.07) is 12.9. The number of esters is 1. The highest BCUT2D eigenvalue weighted by Crippen LogP contribution is 2.30. The van der Waals surface area contributed by atoms with Crippen molar-refractivity contribution >= 4 is 69.2 Å². The number of hydrogen-bond acceptors (Lipinski definition) is 5. The number of carbonyl (C=O) groups is 3. The van der Waals surface area contributed by atoms with Gasteiger partial charge in [-0.1, -0.05) is 30.3 Å². The number of rotatable bonds is 6. The zero-order chi connectivity index (χ0) is 21.0. The number of methoxy groups -OCH3 is 1. The van der Waals surface area contributed by atoms with Crippen LogP contribution in [0.15, 0.2) is 48.2 Å². The van der Waals surface area contributed by atoms with Crippen molar-refractivity contribution in [1.29, 1.82) is 0 Å². The fourth-order valence-electron chi connectivity index (χ4n) is 2.61. The first-order valence-corrected chi connectivity index (χ1v) is 10.6. The van der Waals surface area contributed by atoms with E-state index in [0.29, 0.717) is 6.61 Å². The van der Waals surface area contributed by atoms with Crippen LogP contribution >= 0.6 is 45.2 Å². The molecule has 1 saturated heterocycles. The van der Waals surface area contributed by atoms with Crippen molar-refractivity contribution in [1.82, 2.24) is 10.2 Å². The predicted octanol–water partition coefficient (Wildman–Crippen LogP) is 3.54. The Bertz CT molecular complexity index is 969. The Morgan fingerprint density at radius 2 is 1.79 bits per heavy atom. The molecule has 0 saturated carbocycles. The Morgan fingerprint density at radius 3 is 2.41 bits per heavy atom. The number of urea groups is 1. The Hall–Kier alpha value is -2.15. The van der Waals surface area contributed by atoms with Gasteiger partial charge in [0.05, 0.1) is 14.3 Å². The van der Waals surface area contributed by atoms with E-state index in [4.69, 9.17) is 4.74 Å². The fraction of sp³-hybridized carbons (Fsp3) is 0.150. The topological polar surface area (TPSA) is 84.9 Å². The van der Waals surface area contributed by atoms with Crippen molar-refractivity contribution in [3.8, 4) is 5.75 Å². The molecule has 3 amide bonds. The minimum Gasteiger partial charge on any atom is -0.487 e. The van der Waals surface area contributed by atoms with Gasteiger partial charge in [0.15, 0.2) is 0 Å². The van der Waals surface area contributed by atoms with Gasteiger partial charge in [0.2, 0.25) is 0 Å². The normalized spacial score (nSPS) is 14.9. The van der Waals surface area contributed by atoms with Gasteiger partial charge in [-0.25, -0.2) is 9.69 Å². The van der Waals surface area contributed by atoms with Crippen LogP contribution in [0.4, 0.5) is 4.79 Å². The average Bonchev–Trinajstić information content (AvgIpc) is 2.95. The van der Waals surface area contributed by atoms with Crippen LogP contribution in [0, 0.1) is 7.14 Å². The summed E-state index contributed by atoms with van der Waals surface area (Å²) in [4.78, 5) is 36.6.